The molecule has 4 rings (SSSR count). The average Bonchev–Trinajstić information content (AvgIpc) is 3.05. The molecule has 0 aliphatic heterocycles. The van der Waals surface area contributed by atoms with Gasteiger partial charge in [0.1, 0.15) is 0 Å². The third-order valence-corrected chi connectivity index (χ3v) is 11.0. The first-order valence-corrected chi connectivity index (χ1v) is 12.7. The maximum atomic E-state index is 11.7. The molecule has 0 heterocycles. The summed E-state index contributed by atoms with van der Waals surface area (Å²) in [5.74, 6) is 2.58. The Bertz CT molecular complexity index is 649. The van der Waals surface area contributed by atoms with Gasteiger partial charge in [0.2, 0.25) is 0 Å². The number of fused-ring (bicyclic) bond motifs is 5. The van der Waals surface area contributed by atoms with Crippen LogP contribution in [-0.2, 0) is 4.79 Å². The number of aliphatic hydroxyl groups excluding tert-OH is 2. The third-order valence-electron chi connectivity index (χ3n) is 11.0. The van der Waals surface area contributed by atoms with Crippen LogP contribution >= 0.6 is 0 Å². The fraction of sp³-hybridized carbons (Fsp3) is 0.962. The Morgan fingerprint density at radius 2 is 1.67 bits per heavy atom. The molecule has 4 fully saturated rings. The van der Waals surface area contributed by atoms with E-state index < -0.39 is 5.97 Å². The minimum atomic E-state index is -0.683. The lowest BCUT2D eigenvalue weighted by atomic mass is 9.41. The van der Waals surface area contributed by atoms with Crippen LogP contribution in [0.2, 0.25) is 0 Å². The van der Waals surface area contributed by atoms with Gasteiger partial charge in [-0.05, 0) is 104 Å². The molecule has 0 radical (unpaired) electrons. The predicted octanol–water partition coefficient (Wildman–Crippen LogP) is 5.11. The Hall–Kier alpha value is -0.610. The fourth-order valence-electron chi connectivity index (χ4n) is 9.48. The van der Waals surface area contributed by atoms with Crippen molar-refractivity contribution in [2.75, 3.05) is 0 Å². The first kappa shape index (κ1) is 22.6. The number of carboxylic acid groups (broad SMARTS) is 1. The lowest BCUT2D eigenvalue weighted by molar-refractivity contribution is -0.203. The minimum Gasteiger partial charge on any atom is -0.481 e. The maximum Gasteiger partial charge on any atom is 0.303 e. The van der Waals surface area contributed by atoms with Gasteiger partial charge in [-0.3, -0.25) is 4.79 Å². The van der Waals surface area contributed by atoms with E-state index in [1.54, 1.807) is 0 Å². The number of hydrogen-bond donors (Lipinski definition) is 3. The van der Waals surface area contributed by atoms with Crippen LogP contribution < -0.4 is 0 Å². The third kappa shape index (κ3) is 3.36. The van der Waals surface area contributed by atoms with Crippen molar-refractivity contribution in [2.45, 2.75) is 104 Å². The van der Waals surface area contributed by atoms with Crippen LogP contribution in [-0.4, -0.2) is 33.5 Å². The molecule has 4 heteroatoms. The van der Waals surface area contributed by atoms with Gasteiger partial charge in [0.15, 0.2) is 0 Å². The Kier molecular flexibility index (Phi) is 6.07. The average molecular weight is 421 g/mol. The van der Waals surface area contributed by atoms with Crippen molar-refractivity contribution in [3.63, 3.8) is 0 Å². The second kappa shape index (κ2) is 8.06. The van der Waals surface area contributed by atoms with Crippen LogP contribution in [0, 0.1) is 52.3 Å². The maximum absolute atomic E-state index is 11.7. The Labute approximate surface area is 182 Å². The second-order valence-electron chi connectivity index (χ2n) is 12.0. The Morgan fingerprint density at radius 3 is 2.33 bits per heavy atom. The monoisotopic (exact) mass is 420 g/mol. The molecule has 0 amide bonds. The number of rotatable bonds is 5. The van der Waals surface area contributed by atoms with Crippen LogP contribution in [0.4, 0.5) is 0 Å². The van der Waals surface area contributed by atoms with E-state index in [9.17, 15) is 15.0 Å². The number of carboxylic acids is 1. The molecule has 0 aromatic heterocycles. The summed E-state index contributed by atoms with van der Waals surface area (Å²) in [6.45, 7) is 9.44. The summed E-state index contributed by atoms with van der Waals surface area (Å²) in [5.41, 5.74) is 0.480. The zero-order valence-electron chi connectivity index (χ0n) is 19.5. The molecule has 4 saturated carbocycles. The molecule has 11 atom stereocenters. The van der Waals surface area contributed by atoms with Crippen LogP contribution in [0.1, 0.15) is 91.9 Å². The largest absolute Gasteiger partial charge is 0.481 e. The van der Waals surface area contributed by atoms with Crippen LogP contribution in [0.15, 0.2) is 0 Å². The van der Waals surface area contributed by atoms with Gasteiger partial charge in [-0.2, -0.15) is 0 Å². The zero-order chi connectivity index (χ0) is 21.8. The molecule has 4 aliphatic carbocycles. The zero-order valence-corrected chi connectivity index (χ0v) is 19.5. The predicted molar refractivity (Wildman–Crippen MR) is 118 cm³/mol. The molecule has 4 aliphatic rings. The summed E-state index contributed by atoms with van der Waals surface area (Å²) in [6.07, 6.45) is 9.27. The standard InChI is InChI=1S/C26H44O4/c1-5-17-21-14-16(27)10-12-26(21,4)20-11-13-25(3)18(15(2)6-9-22(28)29)7-8-19(25)23(20)24(17)30/h15-21,23-24,27,30H,5-14H2,1-4H3,(H,28,29)/t15-,16+,17-,18-,19+,20+,21+,23+,24+,25-,26-/m1/s1. The first-order chi connectivity index (χ1) is 14.1. The van der Waals surface area contributed by atoms with E-state index in [4.69, 9.17) is 5.11 Å². The summed E-state index contributed by atoms with van der Waals surface area (Å²) >= 11 is 0. The van der Waals surface area contributed by atoms with Crippen molar-refractivity contribution >= 4 is 5.97 Å². The highest BCUT2D eigenvalue weighted by molar-refractivity contribution is 5.66. The normalized spacial score (nSPS) is 51.5. The van der Waals surface area contributed by atoms with Crippen molar-refractivity contribution in [1.82, 2.24) is 0 Å². The molecule has 30 heavy (non-hydrogen) atoms. The molecule has 4 nitrogen and oxygen atoms in total. The summed E-state index contributed by atoms with van der Waals surface area (Å²) < 4.78 is 0. The van der Waals surface area contributed by atoms with Gasteiger partial charge < -0.3 is 15.3 Å². The van der Waals surface area contributed by atoms with Gasteiger partial charge >= 0.3 is 5.97 Å². The fourth-order valence-corrected chi connectivity index (χ4v) is 9.48. The van der Waals surface area contributed by atoms with Gasteiger partial charge in [0.25, 0.3) is 0 Å². The molecular weight excluding hydrogens is 376 g/mol. The van der Waals surface area contributed by atoms with E-state index >= 15 is 0 Å². The van der Waals surface area contributed by atoms with Gasteiger partial charge in [0.05, 0.1) is 12.2 Å². The van der Waals surface area contributed by atoms with Gasteiger partial charge in [0, 0.05) is 6.42 Å². The molecule has 172 valence electrons. The molecule has 0 unspecified atom stereocenters. The summed E-state index contributed by atoms with van der Waals surface area (Å²) in [6, 6.07) is 0. The van der Waals surface area contributed by atoms with Crippen molar-refractivity contribution in [2.24, 2.45) is 52.3 Å². The highest BCUT2D eigenvalue weighted by Crippen LogP contribution is 2.69. The number of carbonyl (C=O) groups is 1. The van der Waals surface area contributed by atoms with Crippen LogP contribution in [0.3, 0.4) is 0 Å². The minimum absolute atomic E-state index is 0.194. The Morgan fingerprint density at radius 1 is 1.00 bits per heavy atom. The summed E-state index contributed by atoms with van der Waals surface area (Å²) in [4.78, 5) is 11.1. The van der Waals surface area contributed by atoms with Gasteiger partial charge in [-0.25, -0.2) is 0 Å². The quantitative estimate of drug-likeness (QED) is 0.577. The SMILES string of the molecule is CC[C@H]1[C@H](O)[C@@H]2[C@H](CC[C@]3(C)[C@@H]([C@H](C)CCC(=O)O)CC[C@@H]23)[C@@]2(C)CC[C@H](O)C[C@@H]12. The topological polar surface area (TPSA) is 77.8 Å². The summed E-state index contributed by atoms with van der Waals surface area (Å²) in [5, 5.41) is 31.3. The van der Waals surface area contributed by atoms with Crippen molar-refractivity contribution in [3.05, 3.63) is 0 Å². The lowest BCUT2D eigenvalue weighted by Crippen LogP contribution is -2.62. The molecule has 0 aromatic carbocycles. The highest BCUT2D eigenvalue weighted by atomic mass is 16.4. The number of aliphatic carboxylic acids is 1. The van der Waals surface area contributed by atoms with Crippen LogP contribution in [0.25, 0.3) is 0 Å². The smallest absolute Gasteiger partial charge is 0.303 e. The van der Waals surface area contributed by atoms with Gasteiger partial charge in [-0.1, -0.05) is 34.1 Å². The van der Waals surface area contributed by atoms with Crippen molar-refractivity contribution in [3.8, 4) is 0 Å². The van der Waals surface area contributed by atoms with E-state index in [2.05, 4.69) is 27.7 Å². The lowest BCUT2D eigenvalue weighted by Gasteiger charge is -2.64. The highest BCUT2D eigenvalue weighted by Gasteiger charge is 2.64. The van der Waals surface area contributed by atoms with E-state index in [0.717, 1.165) is 32.1 Å². The van der Waals surface area contributed by atoms with Crippen LogP contribution in [0.5, 0.6) is 0 Å². The molecule has 0 spiro atoms. The molecular formula is C26H44O4. The summed E-state index contributed by atoms with van der Waals surface area (Å²) in [7, 11) is 0. The van der Waals surface area contributed by atoms with Crippen molar-refractivity contribution in [1.29, 1.82) is 0 Å². The molecule has 3 N–H and O–H groups in total. The van der Waals surface area contributed by atoms with E-state index in [-0.39, 0.29) is 29.5 Å². The van der Waals surface area contributed by atoms with Gasteiger partial charge in [-0.15, -0.1) is 0 Å². The molecule has 0 bridgehead atoms. The first-order valence-electron chi connectivity index (χ1n) is 12.7. The van der Waals surface area contributed by atoms with Crippen molar-refractivity contribution < 1.29 is 20.1 Å². The number of hydrogen-bond acceptors (Lipinski definition) is 3. The van der Waals surface area contributed by atoms with E-state index in [0.29, 0.717) is 41.4 Å². The molecule has 0 aromatic rings. The molecule has 0 saturated heterocycles. The van der Waals surface area contributed by atoms with E-state index in [1.165, 1.54) is 25.7 Å². The number of aliphatic hydroxyl groups is 2. The van der Waals surface area contributed by atoms with E-state index in [1.807, 2.05) is 0 Å². The second-order valence-corrected chi connectivity index (χ2v) is 12.0. The Balaban J connectivity index is 1.61.